The summed E-state index contributed by atoms with van der Waals surface area (Å²) in [4.78, 5) is 14.2. The van der Waals surface area contributed by atoms with Gasteiger partial charge in [0.1, 0.15) is 10.1 Å². The average Bonchev–Trinajstić information content (AvgIpc) is 3.01. The number of benzene rings is 2. The van der Waals surface area contributed by atoms with Crippen LogP contribution in [0.2, 0.25) is 0 Å². The minimum Gasteiger partial charge on any atom is -0.493 e. The number of likely N-dealkylation sites (N-methyl/N-ethyl adjacent to an activating group) is 1. The largest absolute Gasteiger partial charge is 0.493 e. The number of rotatable bonds is 9. The van der Waals surface area contributed by atoms with Gasteiger partial charge < -0.3 is 14.2 Å². The lowest BCUT2D eigenvalue weighted by atomic mass is 10.2. The number of aryl methyl sites for hydroxylation is 1. The second-order valence-electron chi connectivity index (χ2n) is 6.70. The average molecular weight is 444 g/mol. The Morgan fingerprint density at radius 2 is 1.80 bits per heavy atom. The van der Waals surface area contributed by atoms with Gasteiger partial charge in [-0.05, 0) is 47.9 Å². The van der Waals surface area contributed by atoms with E-state index in [1.54, 1.807) is 14.2 Å². The van der Waals surface area contributed by atoms with Crippen LogP contribution >= 0.6 is 24.0 Å². The summed E-state index contributed by atoms with van der Waals surface area (Å²) >= 11 is 6.46. The Kier molecular flexibility index (Phi) is 7.76. The second kappa shape index (κ2) is 10.5. The predicted molar refractivity (Wildman–Crippen MR) is 125 cm³/mol. The zero-order chi connectivity index (χ0) is 21.5. The molecule has 0 aromatic heterocycles. The van der Waals surface area contributed by atoms with Crippen LogP contribution in [-0.2, 0) is 11.2 Å². The first-order valence-electron chi connectivity index (χ1n) is 9.76. The lowest BCUT2D eigenvalue weighted by Crippen LogP contribution is -2.22. The normalized spacial score (nSPS) is 15.0. The summed E-state index contributed by atoms with van der Waals surface area (Å²) in [7, 11) is 3.28. The Morgan fingerprint density at radius 3 is 2.43 bits per heavy atom. The molecule has 7 heteroatoms. The summed E-state index contributed by atoms with van der Waals surface area (Å²) in [6.07, 6.45) is 3.58. The Morgan fingerprint density at radius 1 is 1.07 bits per heavy atom. The monoisotopic (exact) mass is 443 g/mol. The number of amides is 1. The summed E-state index contributed by atoms with van der Waals surface area (Å²) in [5, 5.41) is 0. The van der Waals surface area contributed by atoms with E-state index in [2.05, 4.69) is 19.1 Å². The van der Waals surface area contributed by atoms with E-state index < -0.39 is 0 Å². The van der Waals surface area contributed by atoms with Crippen LogP contribution in [-0.4, -0.2) is 42.5 Å². The van der Waals surface area contributed by atoms with Gasteiger partial charge in [-0.3, -0.25) is 9.69 Å². The van der Waals surface area contributed by atoms with Crippen LogP contribution in [0.5, 0.6) is 17.2 Å². The van der Waals surface area contributed by atoms with E-state index in [-0.39, 0.29) is 5.91 Å². The molecule has 0 atom stereocenters. The molecule has 0 unspecified atom stereocenters. The quantitative estimate of drug-likeness (QED) is 0.311. The van der Waals surface area contributed by atoms with Crippen LogP contribution in [0.3, 0.4) is 0 Å². The number of methoxy groups -OCH3 is 1. The highest BCUT2D eigenvalue weighted by Gasteiger charge is 2.28. The van der Waals surface area contributed by atoms with Crippen molar-refractivity contribution >= 4 is 40.3 Å². The van der Waals surface area contributed by atoms with Gasteiger partial charge in [-0.25, -0.2) is 0 Å². The Hall–Kier alpha value is -2.51. The molecular formula is C23H25NO4S2. The molecule has 0 spiro atoms. The maximum Gasteiger partial charge on any atom is 0.265 e. The Bertz CT molecular complexity index is 941. The number of carbonyl (C=O) groups is 1. The Balaban J connectivity index is 1.52. The molecule has 158 valence electrons. The van der Waals surface area contributed by atoms with Crippen LogP contribution in [0.15, 0.2) is 47.4 Å². The molecule has 0 aliphatic carbocycles. The molecule has 0 bridgehead atoms. The van der Waals surface area contributed by atoms with Gasteiger partial charge in [0.15, 0.2) is 11.5 Å². The molecular weight excluding hydrogens is 418 g/mol. The van der Waals surface area contributed by atoms with Crippen molar-refractivity contribution < 1.29 is 19.0 Å². The van der Waals surface area contributed by atoms with Gasteiger partial charge >= 0.3 is 0 Å². The minimum atomic E-state index is -0.0892. The van der Waals surface area contributed by atoms with Gasteiger partial charge in [0.25, 0.3) is 5.91 Å². The summed E-state index contributed by atoms with van der Waals surface area (Å²) < 4.78 is 17.6. The summed E-state index contributed by atoms with van der Waals surface area (Å²) in [5.41, 5.74) is 2.15. The summed E-state index contributed by atoms with van der Waals surface area (Å²) in [6.45, 7) is 3.22. The van der Waals surface area contributed by atoms with Crippen molar-refractivity contribution in [2.45, 2.75) is 19.8 Å². The van der Waals surface area contributed by atoms with Crippen molar-refractivity contribution in [1.29, 1.82) is 0 Å². The first kappa shape index (κ1) is 22.2. The lowest BCUT2D eigenvalue weighted by Gasteiger charge is -2.12. The van der Waals surface area contributed by atoms with Crippen molar-refractivity contribution in [3.8, 4) is 17.2 Å². The van der Waals surface area contributed by atoms with E-state index in [9.17, 15) is 4.79 Å². The van der Waals surface area contributed by atoms with E-state index in [0.717, 1.165) is 24.2 Å². The Labute approximate surface area is 187 Å². The van der Waals surface area contributed by atoms with Crippen LogP contribution in [0.4, 0.5) is 0 Å². The first-order chi connectivity index (χ1) is 14.5. The number of carbonyl (C=O) groups excluding carboxylic acids is 1. The molecule has 1 fully saturated rings. The SMILES string of the molecule is CCc1ccc(OCCCOc2ccc(C=C3SC(=S)N(C)C3=O)cc2OC)cc1. The molecule has 3 rings (SSSR count). The van der Waals surface area contributed by atoms with Gasteiger partial charge in [0, 0.05) is 13.5 Å². The van der Waals surface area contributed by atoms with Crippen molar-refractivity contribution in [3.05, 3.63) is 58.5 Å². The maximum absolute atomic E-state index is 12.2. The third kappa shape index (κ3) is 5.55. The third-order valence-electron chi connectivity index (χ3n) is 4.62. The van der Waals surface area contributed by atoms with E-state index in [1.807, 2.05) is 36.4 Å². The topological polar surface area (TPSA) is 48.0 Å². The van der Waals surface area contributed by atoms with Gasteiger partial charge in [-0.2, -0.15) is 0 Å². The van der Waals surface area contributed by atoms with Gasteiger partial charge in [-0.15, -0.1) is 0 Å². The predicted octanol–water partition coefficient (Wildman–Crippen LogP) is 4.94. The van der Waals surface area contributed by atoms with E-state index in [0.29, 0.717) is 33.9 Å². The highest BCUT2D eigenvalue weighted by atomic mass is 32.2. The first-order valence-corrected chi connectivity index (χ1v) is 11.0. The highest BCUT2D eigenvalue weighted by Crippen LogP contribution is 2.34. The van der Waals surface area contributed by atoms with Crippen LogP contribution in [0, 0.1) is 0 Å². The summed E-state index contributed by atoms with van der Waals surface area (Å²) in [5.74, 6) is 2.05. The number of thioether (sulfide) groups is 1. The van der Waals surface area contributed by atoms with Crippen molar-refractivity contribution in [1.82, 2.24) is 4.90 Å². The van der Waals surface area contributed by atoms with Crippen molar-refractivity contribution in [2.24, 2.45) is 0 Å². The van der Waals surface area contributed by atoms with Crippen molar-refractivity contribution in [2.75, 3.05) is 27.4 Å². The molecule has 1 saturated heterocycles. The fourth-order valence-electron chi connectivity index (χ4n) is 2.84. The molecule has 5 nitrogen and oxygen atoms in total. The van der Waals surface area contributed by atoms with Gasteiger partial charge in [0.05, 0.1) is 25.2 Å². The fourth-order valence-corrected chi connectivity index (χ4v) is 4.02. The molecule has 0 saturated carbocycles. The van der Waals surface area contributed by atoms with Crippen molar-refractivity contribution in [3.63, 3.8) is 0 Å². The maximum atomic E-state index is 12.2. The van der Waals surface area contributed by atoms with Gasteiger partial charge in [0.2, 0.25) is 0 Å². The number of ether oxygens (including phenoxy) is 3. The van der Waals surface area contributed by atoms with E-state index in [4.69, 9.17) is 26.4 Å². The van der Waals surface area contributed by atoms with Crippen LogP contribution < -0.4 is 14.2 Å². The molecule has 2 aromatic rings. The van der Waals surface area contributed by atoms with Gasteiger partial charge in [-0.1, -0.05) is 49.1 Å². The molecule has 2 aromatic carbocycles. The second-order valence-corrected chi connectivity index (χ2v) is 8.37. The number of nitrogens with zero attached hydrogens (tertiary/aromatic N) is 1. The van der Waals surface area contributed by atoms with E-state index in [1.165, 1.54) is 22.2 Å². The molecule has 30 heavy (non-hydrogen) atoms. The molecule has 1 aliphatic heterocycles. The zero-order valence-electron chi connectivity index (χ0n) is 17.3. The minimum absolute atomic E-state index is 0.0892. The molecule has 0 N–H and O–H groups in total. The smallest absolute Gasteiger partial charge is 0.265 e. The van der Waals surface area contributed by atoms with Crippen LogP contribution in [0.1, 0.15) is 24.5 Å². The molecule has 0 radical (unpaired) electrons. The zero-order valence-corrected chi connectivity index (χ0v) is 19.0. The molecule has 1 aliphatic rings. The fraction of sp³-hybridized carbons (Fsp3) is 0.304. The highest BCUT2D eigenvalue weighted by molar-refractivity contribution is 8.26. The van der Waals surface area contributed by atoms with Crippen LogP contribution in [0.25, 0.3) is 6.08 Å². The standard InChI is InChI=1S/C23H25NO4S2/c1-4-16-6-9-18(10-7-16)27-12-5-13-28-19-11-8-17(14-20(19)26-3)15-21-22(25)24(2)23(29)30-21/h6-11,14-15H,4-5,12-13H2,1-3H3. The third-order valence-corrected chi connectivity index (χ3v) is 6.10. The van der Waals surface area contributed by atoms with E-state index >= 15 is 0 Å². The summed E-state index contributed by atoms with van der Waals surface area (Å²) in [6, 6.07) is 13.7. The number of thiocarbonyl (C=S) groups is 1. The lowest BCUT2D eigenvalue weighted by molar-refractivity contribution is -0.121. The number of hydrogen-bond acceptors (Lipinski definition) is 6. The molecule has 1 heterocycles. The number of hydrogen-bond donors (Lipinski definition) is 0. The molecule has 1 amide bonds.